The summed E-state index contributed by atoms with van der Waals surface area (Å²) in [5.74, 6) is -1.30. The molecule has 9 unspecified atom stereocenters. The van der Waals surface area contributed by atoms with E-state index in [0.29, 0.717) is 138 Å². The molecule has 18 rings (SSSR count). The molecule has 40 heteroatoms. The highest BCUT2D eigenvalue weighted by atomic mass is 32.1. The molecule has 0 spiro atoms. The molecule has 6 aliphatic rings. The van der Waals surface area contributed by atoms with Gasteiger partial charge in [0.25, 0.3) is 16.7 Å². The Morgan fingerprint density at radius 2 is 0.699 bits per heavy atom. The number of piperidine rings is 4. The van der Waals surface area contributed by atoms with Crippen LogP contribution in [0.1, 0.15) is 165 Å². The highest BCUT2D eigenvalue weighted by molar-refractivity contribution is 7.22. The summed E-state index contributed by atoms with van der Waals surface area (Å²) in [7, 11) is 6.81. The van der Waals surface area contributed by atoms with Crippen LogP contribution in [0.25, 0.3) is 63.0 Å². The monoisotopic (exact) mass is 1930 g/mol. The smallest absolute Gasteiger partial charge is 0.333 e. The molecule has 3 N–H and O–H groups in total. The Bertz CT molecular complexity index is 6600. The maximum atomic E-state index is 14.4. The molecule has 6 bridgehead atoms. The number of carboxylic acids is 3. The highest BCUT2D eigenvalue weighted by Gasteiger charge is 2.47. The fourth-order valence-electron chi connectivity index (χ4n) is 20.1. The Kier molecular flexibility index (Phi) is 27.8. The van der Waals surface area contributed by atoms with Crippen molar-refractivity contribution in [1.29, 1.82) is 0 Å². The number of aryl methyl sites for hydroxylation is 3. The molecule has 2 amide bonds. The van der Waals surface area contributed by atoms with Gasteiger partial charge < -0.3 is 76.3 Å². The van der Waals surface area contributed by atoms with E-state index < -0.39 is 86.6 Å². The fraction of sp³-hybridized carbons (Fsp3) is 0.479. The third kappa shape index (κ3) is 18.0. The number of rotatable bonds is 27. The van der Waals surface area contributed by atoms with Gasteiger partial charge in [0.1, 0.15) is 85.5 Å². The second-order valence-corrected chi connectivity index (χ2v) is 39.7. The molecule has 3 aromatic carbocycles. The van der Waals surface area contributed by atoms with E-state index in [1.165, 1.54) is 127 Å². The summed E-state index contributed by atoms with van der Waals surface area (Å²) in [6.07, 6.45) is 12.8. The number of benzene rings is 3. The van der Waals surface area contributed by atoms with Crippen molar-refractivity contribution in [2.24, 2.45) is 0 Å². The van der Waals surface area contributed by atoms with Gasteiger partial charge in [-0.3, -0.25) is 42.6 Å². The van der Waals surface area contributed by atoms with Gasteiger partial charge in [-0.1, -0.05) is 54.6 Å². The molecule has 6 fully saturated rings. The quantitative estimate of drug-likeness (QED) is 0.0430. The number of aromatic nitrogens is 9. The predicted octanol–water partition coefficient (Wildman–Crippen LogP) is 11.9. The van der Waals surface area contributed by atoms with Crippen LogP contribution in [0, 0.1) is 20.8 Å². The first-order valence-corrected chi connectivity index (χ1v) is 47.4. The Morgan fingerprint density at radius 1 is 0.426 bits per heavy atom. The SMILES string of the molecule is COc1ccccc1C(Cn1c(=O)n(C(C)(C)C(=O)O)c(=O)c2c(C)c(-c3ncco3)sc21)OC1CC2CCCC(C1)N2C(C)=O.COc1ccccc1C(Cn1c(=O)n(C(C)(C)C(=O)O)c(=O)c2c(C)c(-c3ncco3)sc21)OC1CC2COCC(C1)N2C.COc1ccccc1C(Cn1c(=O)n(C(C)(C)C(=O)O)c(=O)c2c(C)c(-c3ncco3)sc21)OC1CC2COCC(C1)N2C(C)=O. The summed E-state index contributed by atoms with van der Waals surface area (Å²) in [5, 5.41) is 31.0. The van der Waals surface area contributed by atoms with Crippen LogP contribution in [0.3, 0.4) is 0 Å². The number of thiophene rings is 3. The van der Waals surface area contributed by atoms with Gasteiger partial charge in [-0.2, -0.15) is 0 Å². The maximum absolute atomic E-state index is 14.4. The van der Waals surface area contributed by atoms with Crippen molar-refractivity contribution in [2.75, 3.05) is 54.8 Å². The number of methoxy groups -OCH3 is 3. The summed E-state index contributed by atoms with van der Waals surface area (Å²) >= 11 is 3.57. The van der Waals surface area contributed by atoms with Crippen LogP contribution in [-0.2, 0) is 83.9 Å². The summed E-state index contributed by atoms with van der Waals surface area (Å²) < 4.78 is 72.7. The van der Waals surface area contributed by atoms with Crippen molar-refractivity contribution < 1.29 is 90.4 Å². The van der Waals surface area contributed by atoms with Crippen LogP contribution < -0.4 is 48.0 Å². The topological polar surface area (TPSA) is 440 Å². The zero-order valence-corrected chi connectivity index (χ0v) is 80.5. The number of fused-ring (bicyclic) bond motifs is 9. The molecule has 0 saturated carbocycles. The lowest BCUT2D eigenvalue weighted by molar-refractivity contribution is -0.162. The zero-order valence-electron chi connectivity index (χ0n) is 78.0. The number of para-hydroxylation sites is 3. The standard InChI is InChI=1S/C33H38N4O8S.C32H36N4O9S.C31H36N4O8S/c1-18-26-29(39)37(33(3,4)31(40)41)32(42)35(30(26)46-27(18)28-34-13-14-44-28)17-25(23-11-6-7-12-24(23)43-5)45-22-15-20-9-8-10-21(16-22)36(20)19(2)38;1-17-25-28(38)36(32(3,4)30(39)40)31(41)34(29(25)46-26(17)27-33-10-11-44-27)14-24(22-8-6-7-9-23(22)42-5)45-21-12-19-15-43-16-20(13-21)35(19)18(2)37;1-17-24-27(36)35(31(2,3)29(37)38)30(39)34(28(24)44-25(17)26-32-10-11-42-26)14-23(21-8-6-7-9-22(21)40-5)43-20-12-18-15-41-16-19(13-20)33(18)4/h6-7,11-14,20-22,25H,8-10,15-17H2,1-5H3,(H,40,41);6-11,19-21,24H,12-16H2,1-5H3,(H,39,40);6-11,18-20,23H,12-16H2,1-5H3,(H,37,38). The van der Waals surface area contributed by atoms with E-state index in [4.69, 9.17) is 51.1 Å². The van der Waals surface area contributed by atoms with Crippen molar-refractivity contribution >= 4 is 94.4 Å². The van der Waals surface area contributed by atoms with E-state index in [-0.39, 0.29) is 108 Å². The second kappa shape index (κ2) is 39.1. The number of carbonyl (C=O) groups excluding carboxylic acids is 2. The van der Waals surface area contributed by atoms with Gasteiger partial charge in [-0.05, 0) is 162 Å². The average molecular weight is 1930 g/mol. The van der Waals surface area contributed by atoms with Crippen LogP contribution >= 0.6 is 34.0 Å². The number of aliphatic carboxylic acids is 3. The van der Waals surface area contributed by atoms with Crippen molar-refractivity contribution in [1.82, 2.24) is 57.1 Å². The molecule has 722 valence electrons. The van der Waals surface area contributed by atoms with Gasteiger partial charge in [0.05, 0.1) is 147 Å². The van der Waals surface area contributed by atoms with E-state index in [1.54, 1.807) is 62.0 Å². The number of carbonyl (C=O) groups is 5. The number of hydrogen-bond acceptors (Lipinski definition) is 29. The molecule has 12 aromatic rings. The number of hydrogen-bond donors (Lipinski definition) is 3. The number of amides is 2. The number of oxazole rings is 3. The average Bonchev–Trinajstić information content (AvgIpc) is 1.58. The summed E-state index contributed by atoms with van der Waals surface area (Å²) in [4.78, 5) is 169. The van der Waals surface area contributed by atoms with Gasteiger partial charge in [-0.25, -0.2) is 57.4 Å². The van der Waals surface area contributed by atoms with Crippen molar-refractivity contribution in [3.63, 3.8) is 0 Å². The molecule has 136 heavy (non-hydrogen) atoms. The van der Waals surface area contributed by atoms with E-state index in [1.807, 2.05) is 76.5 Å². The lowest BCUT2D eigenvalue weighted by atomic mass is 9.82. The van der Waals surface area contributed by atoms with Gasteiger partial charge in [0, 0.05) is 54.7 Å². The van der Waals surface area contributed by atoms with E-state index >= 15 is 0 Å². The lowest BCUT2D eigenvalue weighted by Gasteiger charge is -2.49. The summed E-state index contributed by atoms with van der Waals surface area (Å²) in [5.41, 5.74) is -6.18. The Hall–Kier alpha value is -12.3. The minimum absolute atomic E-state index is 0.00876. The maximum Gasteiger partial charge on any atom is 0.333 e. The van der Waals surface area contributed by atoms with E-state index in [2.05, 4.69) is 26.9 Å². The normalized spacial score (nSPS) is 20.8. The minimum atomic E-state index is -1.86. The molecule has 6 saturated heterocycles. The van der Waals surface area contributed by atoms with E-state index in [9.17, 15) is 68.1 Å². The van der Waals surface area contributed by atoms with Gasteiger partial charge in [0.15, 0.2) is 0 Å². The van der Waals surface area contributed by atoms with E-state index in [0.717, 1.165) is 51.4 Å². The molecule has 0 radical (unpaired) electrons. The first-order valence-electron chi connectivity index (χ1n) is 45.0. The molecule has 15 heterocycles. The summed E-state index contributed by atoms with van der Waals surface area (Å²) in [6.45, 7) is 18.4. The number of likely N-dealkylation sites (N-methyl/N-ethyl adjacent to an activating group) is 1. The van der Waals surface area contributed by atoms with Gasteiger partial charge >= 0.3 is 35.0 Å². The molecular formula is C96H110N12O25S3. The van der Waals surface area contributed by atoms with Crippen LogP contribution in [0.15, 0.2) is 152 Å². The number of ether oxygens (including phenoxy) is 8. The Balaban J connectivity index is 0.000000148. The van der Waals surface area contributed by atoms with Crippen LogP contribution in [-0.4, -0.2) is 211 Å². The largest absolute Gasteiger partial charge is 0.496 e. The third-order valence-corrected chi connectivity index (χ3v) is 31.2. The van der Waals surface area contributed by atoms with Gasteiger partial charge in [0.2, 0.25) is 29.5 Å². The molecule has 9 aromatic heterocycles. The number of carboxylic acid groups (broad SMARTS) is 3. The third-order valence-electron chi connectivity index (χ3n) is 27.3. The predicted molar refractivity (Wildman–Crippen MR) is 503 cm³/mol. The minimum Gasteiger partial charge on any atom is -0.496 e. The zero-order chi connectivity index (χ0) is 97.2. The Labute approximate surface area is 790 Å². The first-order chi connectivity index (χ1) is 64.9. The second-order valence-electron chi connectivity index (χ2n) is 36.7. The van der Waals surface area contributed by atoms with Crippen molar-refractivity contribution in [2.45, 2.75) is 243 Å². The lowest BCUT2D eigenvalue weighted by Crippen LogP contribution is -2.60. The van der Waals surface area contributed by atoms with Crippen LogP contribution in [0.4, 0.5) is 0 Å². The molecule has 6 aliphatic heterocycles. The first kappa shape index (κ1) is 96.8. The fourth-order valence-corrected chi connectivity index (χ4v) is 23.9. The molecular weight excluding hydrogens is 1820 g/mol. The van der Waals surface area contributed by atoms with Crippen LogP contribution in [0.2, 0.25) is 0 Å². The van der Waals surface area contributed by atoms with Crippen molar-refractivity contribution in [3.8, 4) is 49.6 Å². The number of nitrogens with zero attached hydrogens (tertiary/aromatic N) is 12. The molecule has 37 nitrogen and oxygen atoms in total. The van der Waals surface area contributed by atoms with Crippen molar-refractivity contribution in [3.05, 3.63) is 206 Å². The summed E-state index contributed by atoms with van der Waals surface area (Å²) in [6, 6.07) is 22.5. The number of morpholine rings is 2. The highest BCUT2D eigenvalue weighted by Crippen LogP contribution is 2.46. The Morgan fingerprint density at radius 3 is 0.971 bits per heavy atom. The molecule has 0 aliphatic carbocycles. The van der Waals surface area contributed by atoms with Gasteiger partial charge in [-0.15, -0.1) is 34.0 Å². The molecule has 9 atom stereocenters. The van der Waals surface area contributed by atoms with Crippen LogP contribution in [0.5, 0.6) is 17.2 Å².